The van der Waals surface area contributed by atoms with E-state index >= 15 is 0 Å². The largest absolute Gasteiger partial charge is 0.393 e. The van der Waals surface area contributed by atoms with Gasteiger partial charge in [-0.1, -0.05) is 0 Å². The highest BCUT2D eigenvalue weighted by Crippen LogP contribution is 2.22. The van der Waals surface area contributed by atoms with E-state index in [9.17, 15) is 15.0 Å². The Balaban J connectivity index is 1.75. The van der Waals surface area contributed by atoms with Crippen LogP contribution in [0.15, 0.2) is 16.8 Å². The first-order chi connectivity index (χ1) is 9.47. The van der Waals surface area contributed by atoms with Gasteiger partial charge in [-0.2, -0.15) is 11.3 Å². The summed E-state index contributed by atoms with van der Waals surface area (Å²) in [6.07, 6.45) is 2.84. The highest BCUT2D eigenvalue weighted by Gasteiger charge is 2.25. The number of thiophene rings is 1. The zero-order valence-electron chi connectivity index (χ0n) is 11.6. The number of urea groups is 1. The maximum Gasteiger partial charge on any atom is 0.315 e. The zero-order chi connectivity index (χ0) is 14.6. The summed E-state index contributed by atoms with van der Waals surface area (Å²) in [5.41, 5.74) is -0.247. The Bertz CT molecular complexity index is 426. The molecule has 20 heavy (non-hydrogen) atoms. The second-order valence-electron chi connectivity index (χ2n) is 5.62. The molecular weight excluding hydrogens is 276 g/mol. The van der Waals surface area contributed by atoms with Crippen LogP contribution >= 0.6 is 11.3 Å². The second kappa shape index (κ2) is 6.56. The van der Waals surface area contributed by atoms with Crippen molar-refractivity contribution in [3.05, 3.63) is 22.4 Å². The summed E-state index contributed by atoms with van der Waals surface area (Å²) < 4.78 is 0. The van der Waals surface area contributed by atoms with Crippen LogP contribution in [0.25, 0.3) is 0 Å². The molecule has 1 atom stereocenters. The molecule has 0 radical (unpaired) electrons. The van der Waals surface area contributed by atoms with Gasteiger partial charge in [-0.15, -0.1) is 0 Å². The van der Waals surface area contributed by atoms with Gasteiger partial charge in [-0.3, -0.25) is 0 Å². The van der Waals surface area contributed by atoms with Gasteiger partial charge in [0.05, 0.1) is 12.6 Å². The summed E-state index contributed by atoms with van der Waals surface area (Å²) in [6.45, 7) is 1.86. The number of amides is 2. The number of hydrogen-bond acceptors (Lipinski definition) is 4. The van der Waals surface area contributed by atoms with Crippen LogP contribution in [-0.2, 0) is 5.60 Å². The smallest absolute Gasteiger partial charge is 0.315 e. The Labute approximate surface area is 123 Å². The normalized spacial score (nSPS) is 25.8. The second-order valence-corrected chi connectivity index (χ2v) is 6.40. The van der Waals surface area contributed by atoms with E-state index in [0.717, 1.165) is 31.2 Å². The summed E-state index contributed by atoms with van der Waals surface area (Å²) in [7, 11) is 0. The zero-order valence-corrected chi connectivity index (χ0v) is 12.4. The first kappa shape index (κ1) is 15.3. The minimum absolute atomic E-state index is 0.115. The molecular formula is C14H22N2O3S. The van der Waals surface area contributed by atoms with Crippen molar-refractivity contribution >= 4 is 17.4 Å². The molecule has 112 valence electrons. The van der Waals surface area contributed by atoms with Crippen LogP contribution < -0.4 is 10.6 Å². The van der Waals surface area contributed by atoms with E-state index < -0.39 is 5.60 Å². The van der Waals surface area contributed by atoms with Crippen molar-refractivity contribution in [2.75, 3.05) is 6.54 Å². The van der Waals surface area contributed by atoms with Crippen LogP contribution in [0.5, 0.6) is 0 Å². The molecule has 5 nitrogen and oxygen atoms in total. The molecule has 1 unspecified atom stereocenters. The molecule has 1 saturated carbocycles. The third-order valence-corrected chi connectivity index (χ3v) is 4.45. The molecule has 0 spiro atoms. The molecule has 6 heteroatoms. The Morgan fingerprint density at radius 1 is 1.45 bits per heavy atom. The van der Waals surface area contributed by atoms with E-state index in [0.29, 0.717) is 0 Å². The van der Waals surface area contributed by atoms with Gasteiger partial charge in [0.2, 0.25) is 0 Å². The van der Waals surface area contributed by atoms with Gasteiger partial charge in [-0.25, -0.2) is 4.79 Å². The summed E-state index contributed by atoms with van der Waals surface area (Å²) in [5.74, 6) is 0. The average molecular weight is 298 g/mol. The molecule has 0 aromatic carbocycles. The molecule has 0 saturated heterocycles. The molecule has 1 heterocycles. The number of carbonyl (C=O) groups is 1. The van der Waals surface area contributed by atoms with E-state index in [1.165, 1.54) is 11.3 Å². The maximum atomic E-state index is 11.8. The first-order valence-corrected chi connectivity index (χ1v) is 7.89. The van der Waals surface area contributed by atoms with Gasteiger partial charge in [0.25, 0.3) is 0 Å². The fourth-order valence-electron chi connectivity index (χ4n) is 2.38. The molecule has 0 aliphatic heterocycles. The molecule has 1 aliphatic rings. The van der Waals surface area contributed by atoms with Crippen molar-refractivity contribution < 1.29 is 15.0 Å². The van der Waals surface area contributed by atoms with Gasteiger partial charge in [0.1, 0.15) is 5.60 Å². The lowest BCUT2D eigenvalue weighted by atomic mass is 9.93. The molecule has 0 bridgehead atoms. The number of hydrogen-bond donors (Lipinski definition) is 4. The number of rotatable bonds is 4. The van der Waals surface area contributed by atoms with Crippen LogP contribution in [0.1, 0.15) is 38.2 Å². The van der Waals surface area contributed by atoms with Gasteiger partial charge in [-0.05, 0) is 55.0 Å². The van der Waals surface area contributed by atoms with Crippen LogP contribution in [0.3, 0.4) is 0 Å². The third-order valence-electron chi connectivity index (χ3n) is 3.77. The highest BCUT2D eigenvalue weighted by molar-refractivity contribution is 7.08. The predicted octanol–water partition coefficient (Wildman–Crippen LogP) is 1.56. The van der Waals surface area contributed by atoms with Gasteiger partial charge < -0.3 is 20.8 Å². The van der Waals surface area contributed by atoms with Crippen molar-refractivity contribution in [2.24, 2.45) is 0 Å². The van der Waals surface area contributed by atoms with E-state index in [4.69, 9.17) is 0 Å². The van der Waals surface area contributed by atoms with Gasteiger partial charge in [0, 0.05) is 6.04 Å². The van der Waals surface area contributed by atoms with Gasteiger partial charge >= 0.3 is 6.03 Å². The molecule has 1 fully saturated rings. The van der Waals surface area contributed by atoms with Gasteiger partial charge in [0.15, 0.2) is 0 Å². The number of aliphatic hydroxyl groups is 2. The number of carbonyl (C=O) groups excluding carboxylic acids is 1. The van der Waals surface area contributed by atoms with Crippen molar-refractivity contribution in [1.82, 2.24) is 10.6 Å². The van der Waals surface area contributed by atoms with E-state index in [-0.39, 0.29) is 24.7 Å². The Morgan fingerprint density at radius 3 is 2.75 bits per heavy atom. The number of aliphatic hydroxyl groups excluding tert-OH is 1. The molecule has 1 aromatic heterocycles. The average Bonchev–Trinajstić information content (AvgIpc) is 2.94. The summed E-state index contributed by atoms with van der Waals surface area (Å²) in [6, 6.07) is 1.71. The molecule has 2 amide bonds. The Kier molecular flexibility index (Phi) is 5.01. The minimum Gasteiger partial charge on any atom is -0.393 e. The standard InChI is InChI=1S/C14H22N2O3S/c1-14(19,10-6-7-20-8-10)9-15-13(18)16-11-2-4-12(17)5-3-11/h6-8,11-12,17,19H,2-5,9H2,1H3,(H2,15,16,18). The molecule has 2 rings (SSSR count). The summed E-state index contributed by atoms with van der Waals surface area (Å²) in [5, 5.41) is 29.1. The van der Waals surface area contributed by atoms with Crippen molar-refractivity contribution in [3.63, 3.8) is 0 Å². The Hall–Kier alpha value is -1.11. The lowest BCUT2D eigenvalue weighted by Crippen LogP contribution is -2.47. The van der Waals surface area contributed by atoms with Crippen LogP contribution in [0.4, 0.5) is 4.79 Å². The SMILES string of the molecule is CC(O)(CNC(=O)NC1CCC(O)CC1)c1ccsc1. The van der Waals surface area contributed by atoms with Crippen molar-refractivity contribution in [3.8, 4) is 0 Å². The predicted molar refractivity (Wildman–Crippen MR) is 78.7 cm³/mol. The quantitative estimate of drug-likeness (QED) is 0.681. The summed E-state index contributed by atoms with van der Waals surface area (Å²) >= 11 is 1.52. The first-order valence-electron chi connectivity index (χ1n) is 6.95. The lowest BCUT2D eigenvalue weighted by Gasteiger charge is -2.27. The minimum atomic E-state index is -1.06. The van der Waals surface area contributed by atoms with E-state index in [1.54, 1.807) is 6.92 Å². The van der Waals surface area contributed by atoms with E-state index in [1.807, 2.05) is 16.8 Å². The number of nitrogens with one attached hydrogen (secondary N) is 2. The van der Waals surface area contributed by atoms with Crippen LogP contribution in [0, 0.1) is 0 Å². The fraction of sp³-hybridized carbons (Fsp3) is 0.643. The molecule has 4 N–H and O–H groups in total. The van der Waals surface area contributed by atoms with E-state index in [2.05, 4.69) is 10.6 Å². The Morgan fingerprint density at radius 2 is 2.15 bits per heavy atom. The lowest BCUT2D eigenvalue weighted by molar-refractivity contribution is 0.0594. The van der Waals surface area contributed by atoms with Crippen LogP contribution in [-0.4, -0.2) is 34.9 Å². The molecule has 1 aromatic rings. The van der Waals surface area contributed by atoms with Crippen molar-refractivity contribution in [2.45, 2.75) is 50.4 Å². The summed E-state index contributed by atoms with van der Waals surface area (Å²) in [4.78, 5) is 11.8. The van der Waals surface area contributed by atoms with Crippen molar-refractivity contribution in [1.29, 1.82) is 0 Å². The highest BCUT2D eigenvalue weighted by atomic mass is 32.1. The maximum absolute atomic E-state index is 11.8. The monoisotopic (exact) mass is 298 g/mol. The van der Waals surface area contributed by atoms with Crippen LogP contribution in [0.2, 0.25) is 0 Å². The third kappa shape index (κ3) is 4.19. The molecule has 1 aliphatic carbocycles. The topological polar surface area (TPSA) is 81.6 Å². The fourth-order valence-corrected chi connectivity index (χ4v) is 3.16.